The highest BCUT2D eigenvalue weighted by atomic mass is 16.5. The van der Waals surface area contributed by atoms with E-state index in [4.69, 9.17) is 9.15 Å². The molecule has 2 heterocycles. The summed E-state index contributed by atoms with van der Waals surface area (Å²) < 4.78 is 12.3. The lowest BCUT2D eigenvalue weighted by Crippen LogP contribution is -2.25. The van der Waals surface area contributed by atoms with Gasteiger partial charge in [-0.05, 0) is 47.3 Å². The normalized spacial score (nSPS) is 12.1. The lowest BCUT2D eigenvalue weighted by atomic mass is 9.86. The van der Waals surface area contributed by atoms with Gasteiger partial charge in [0.2, 0.25) is 5.43 Å². The van der Waals surface area contributed by atoms with Crippen molar-refractivity contribution in [2.75, 3.05) is 7.11 Å². The van der Waals surface area contributed by atoms with Crippen molar-refractivity contribution >= 4 is 27.8 Å². The molecule has 0 amide bonds. The van der Waals surface area contributed by atoms with Gasteiger partial charge in [-0.15, -0.1) is 0 Å². The second kappa shape index (κ2) is 9.31. The van der Waals surface area contributed by atoms with Gasteiger partial charge in [0, 0.05) is 24.1 Å². The maximum absolute atomic E-state index is 13.5. The second-order valence-electron chi connectivity index (χ2n) is 8.76. The van der Waals surface area contributed by atoms with Crippen LogP contribution in [0.2, 0.25) is 0 Å². The largest absolute Gasteiger partial charge is 0.508 e. The van der Waals surface area contributed by atoms with E-state index in [1.807, 2.05) is 24.3 Å². The van der Waals surface area contributed by atoms with Crippen molar-refractivity contribution < 1.29 is 24.2 Å². The third kappa shape index (κ3) is 4.12. The summed E-state index contributed by atoms with van der Waals surface area (Å²) in [7, 11) is 2.88. The zero-order valence-electron chi connectivity index (χ0n) is 20.1. The molecule has 0 saturated heterocycles. The minimum atomic E-state index is -0.956. The summed E-state index contributed by atoms with van der Waals surface area (Å²) in [6.07, 6.45) is 1.01. The lowest BCUT2D eigenvalue weighted by Gasteiger charge is -2.20. The van der Waals surface area contributed by atoms with Crippen molar-refractivity contribution in [3.8, 4) is 22.6 Å². The number of rotatable bonds is 5. The van der Waals surface area contributed by atoms with Gasteiger partial charge in [-0.1, -0.05) is 30.3 Å². The van der Waals surface area contributed by atoms with Crippen LogP contribution in [0.3, 0.4) is 0 Å². The molecule has 186 valence electrons. The number of carbonyl (C=O) groups is 1. The second-order valence-corrected chi connectivity index (χ2v) is 8.76. The topological polar surface area (TPSA) is 119 Å². The Hall–Kier alpha value is -4.85. The highest BCUT2D eigenvalue weighted by Gasteiger charge is 2.29. The first-order valence-corrected chi connectivity index (χ1v) is 11.5. The molecule has 2 aromatic heterocycles. The first-order chi connectivity index (χ1) is 17.8. The van der Waals surface area contributed by atoms with Crippen molar-refractivity contribution in [1.29, 1.82) is 0 Å². The molecule has 8 nitrogen and oxygen atoms in total. The Morgan fingerprint density at radius 3 is 2.49 bits per heavy atom. The number of carbonyl (C=O) groups excluding carboxylic acids is 1. The van der Waals surface area contributed by atoms with E-state index in [9.17, 15) is 24.6 Å². The number of para-hydroxylation sites is 1. The van der Waals surface area contributed by atoms with Crippen molar-refractivity contribution in [3.05, 3.63) is 105 Å². The predicted octanol–water partition coefficient (Wildman–Crippen LogP) is 4.42. The smallest absolute Gasteiger partial charge is 0.306 e. The van der Waals surface area contributed by atoms with Crippen LogP contribution < -0.4 is 11.0 Å². The number of nitrogens with zero attached hydrogens (tertiary/aromatic N) is 1. The number of aryl methyl sites for hydroxylation is 1. The molecule has 3 aromatic carbocycles. The average Bonchev–Trinajstić information content (AvgIpc) is 2.90. The summed E-state index contributed by atoms with van der Waals surface area (Å²) in [6, 6.07) is 17.9. The minimum Gasteiger partial charge on any atom is -0.508 e. The number of fused-ring (bicyclic) bond motifs is 2. The number of esters is 1. The van der Waals surface area contributed by atoms with Gasteiger partial charge in [-0.25, -0.2) is 0 Å². The SMILES string of the molecule is COC(=O)C[C@@H](c1cc2ccccc2n(C)c1=O)c1c(O)ccc2c(=O)c(-c3ccc(O)cc3)coc12. The zero-order chi connectivity index (χ0) is 26.3. The quantitative estimate of drug-likeness (QED) is 0.345. The third-order valence-corrected chi connectivity index (χ3v) is 6.62. The number of aromatic hydroxyl groups is 2. The molecule has 2 N–H and O–H groups in total. The Morgan fingerprint density at radius 2 is 1.76 bits per heavy atom. The van der Waals surface area contributed by atoms with Crippen LogP contribution in [-0.4, -0.2) is 27.9 Å². The van der Waals surface area contributed by atoms with E-state index in [-0.39, 0.29) is 56.6 Å². The molecule has 37 heavy (non-hydrogen) atoms. The van der Waals surface area contributed by atoms with Crippen LogP contribution in [-0.2, 0) is 16.6 Å². The van der Waals surface area contributed by atoms with E-state index in [2.05, 4.69) is 0 Å². The Balaban J connectivity index is 1.78. The molecule has 0 radical (unpaired) electrons. The molecule has 5 rings (SSSR count). The summed E-state index contributed by atoms with van der Waals surface area (Å²) in [4.78, 5) is 39.4. The summed E-state index contributed by atoms with van der Waals surface area (Å²) in [5.74, 6) is -1.72. The molecular formula is C29H23NO7. The highest BCUT2D eigenvalue weighted by Crippen LogP contribution is 2.39. The molecule has 0 saturated carbocycles. The van der Waals surface area contributed by atoms with Gasteiger partial charge in [-0.2, -0.15) is 0 Å². The van der Waals surface area contributed by atoms with Crippen LogP contribution in [0.1, 0.15) is 23.5 Å². The van der Waals surface area contributed by atoms with E-state index < -0.39 is 11.9 Å². The van der Waals surface area contributed by atoms with Gasteiger partial charge < -0.3 is 23.9 Å². The van der Waals surface area contributed by atoms with Gasteiger partial charge in [-0.3, -0.25) is 14.4 Å². The maximum Gasteiger partial charge on any atom is 0.306 e. The van der Waals surface area contributed by atoms with E-state index in [1.165, 1.54) is 42.2 Å². The van der Waals surface area contributed by atoms with Crippen molar-refractivity contribution in [3.63, 3.8) is 0 Å². The fourth-order valence-corrected chi connectivity index (χ4v) is 4.70. The fourth-order valence-electron chi connectivity index (χ4n) is 4.70. The molecule has 0 spiro atoms. The van der Waals surface area contributed by atoms with Crippen LogP contribution in [0.15, 0.2) is 87.0 Å². The van der Waals surface area contributed by atoms with Crippen molar-refractivity contribution in [1.82, 2.24) is 4.57 Å². The summed E-state index contributed by atoms with van der Waals surface area (Å²) in [5, 5.41) is 21.5. The van der Waals surface area contributed by atoms with Crippen LogP contribution >= 0.6 is 0 Å². The van der Waals surface area contributed by atoms with Gasteiger partial charge >= 0.3 is 5.97 Å². The first-order valence-electron chi connectivity index (χ1n) is 11.5. The zero-order valence-corrected chi connectivity index (χ0v) is 20.1. The van der Waals surface area contributed by atoms with Crippen LogP contribution in [0.4, 0.5) is 0 Å². The monoisotopic (exact) mass is 497 g/mol. The lowest BCUT2D eigenvalue weighted by molar-refractivity contribution is -0.140. The summed E-state index contributed by atoms with van der Waals surface area (Å²) in [5.41, 5.74) is 1.25. The van der Waals surface area contributed by atoms with E-state index in [0.717, 1.165) is 5.39 Å². The number of pyridine rings is 1. The number of aromatic nitrogens is 1. The first kappa shape index (κ1) is 23.9. The van der Waals surface area contributed by atoms with Crippen molar-refractivity contribution in [2.24, 2.45) is 7.05 Å². The van der Waals surface area contributed by atoms with Gasteiger partial charge in [0.1, 0.15) is 23.3 Å². The Bertz CT molecular complexity index is 1780. The molecule has 0 aliphatic rings. The van der Waals surface area contributed by atoms with Gasteiger partial charge in [0.15, 0.2) is 0 Å². The van der Waals surface area contributed by atoms with Gasteiger partial charge in [0.05, 0.1) is 30.0 Å². The molecule has 1 atom stereocenters. The molecule has 0 aliphatic heterocycles. The Kier molecular flexibility index (Phi) is 6.01. The summed E-state index contributed by atoms with van der Waals surface area (Å²) >= 11 is 0. The number of methoxy groups -OCH3 is 1. The summed E-state index contributed by atoms with van der Waals surface area (Å²) in [6.45, 7) is 0. The van der Waals surface area contributed by atoms with Gasteiger partial charge in [0.25, 0.3) is 5.56 Å². The molecule has 0 unspecified atom stereocenters. The van der Waals surface area contributed by atoms with E-state index >= 15 is 0 Å². The molecule has 8 heteroatoms. The maximum atomic E-state index is 13.5. The third-order valence-electron chi connectivity index (χ3n) is 6.62. The molecular weight excluding hydrogens is 474 g/mol. The van der Waals surface area contributed by atoms with Crippen LogP contribution in [0.5, 0.6) is 11.5 Å². The Morgan fingerprint density at radius 1 is 1.03 bits per heavy atom. The van der Waals surface area contributed by atoms with E-state index in [0.29, 0.717) is 11.1 Å². The molecule has 5 aromatic rings. The minimum absolute atomic E-state index is 0.0590. The number of phenols is 2. The van der Waals surface area contributed by atoms with Crippen LogP contribution in [0.25, 0.3) is 33.0 Å². The standard InChI is InChI=1S/C29H23NO7/c1-30-23-6-4-3-5-17(23)13-21(29(30)35)20(14-25(33)36-2)26-24(32)12-11-19-27(34)22(15-37-28(19)26)16-7-9-18(31)10-8-16/h3-13,15,20,31-32H,14H2,1-2H3/t20-/m0/s1. The fraction of sp³-hybridized carbons (Fsp3) is 0.138. The van der Waals surface area contributed by atoms with E-state index in [1.54, 1.807) is 25.2 Å². The average molecular weight is 498 g/mol. The number of phenolic OH excluding ortho intramolecular Hbond substituents is 2. The van der Waals surface area contributed by atoms with Crippen molar-refractivity contribution in [2.45, 2.75) is 12.3 Å². The highest BCUT2D eigenvalue weighted by molar-refractivity contribution is 5.88. The Labute approximate surface area is 210 Å². The number of hydrogen-bond acceptors (Lipinski definition) is 7. The molecule has 0 aliphatic carbocycles. The number of ether oxygens (including phenoxy) is 1. The predicted molar refractivity (Wildman–Crippen MR) is 139 cm³/mol. The molecule has 0 fully saturated rings. The van der Waals surface area contributed by atoms with Crippen LogP contribution in [0, 0.1) is 0 Å². The molecule has 0 bridgehead atoms. The number of hydrogen-bond donors (Lipinski definition) is 2. The number of benzene rings is 3.